The van der Waals surface area contributed by atoms with Crippen LogP contribution >= 0.6 is 0 Å². The van der Waals surface area contributed by atoms with E-state index in [2.05, 4.69) is 4.98 Å². The highest BCUT2D eigenvalue weighted by Gasteiger charge is 2.20. The van der Waals surface area contributed by atoms with Crippen molar-refractivity contribution in [2.24, 2.45) is 0 Å². The van der Waals surface area contributed by atoms with Crippen LogP contribution in [0.2, 0.25) is 0 Å². The van der Waals surface area contributed by atoms with E-state index < -0.39 is 11.8 Å². The predicted octanol–water partition coefficient (Wildman–Crippen LogP) is 2.33. The van der Waals surface area contributed by atoms with Crippen molar-refractivity contribution < 1.29 is 14.3 Å². The first-order valence-electron chi connectivity index (χ1n) is 5.06. The van der Waals surface area contributed by atoms with E-state index in [1.165, 1.54) is 16.7 Å². The van der Waals surface area contributed by atoms with Crippen LogP contribution < -0.4 is 0 Å². The van der Waals surface area contributed by atoms with E-state index in [4.69, 9.17) is 5.11 Å². The third-order valence-corrected chi connectivity index (χ3v) is 2.52. The summed E-state index contributed by atoms with van der Waals surface area (Å²) in [5.41, 5.74) is 0.564. The molecule has 2 aromatic rings. The van der Waals surface area contributed by atoms with Crippen molar-refractivity contribution in [2.75, 3.05) is 0 Å². The molecule has 0 fully saturated rings. The number of carboxylic acid groups (broad SMARTS) is 1. The van der Waals surface area contributed by atoms with Gasteiger partial charge in [0.1, 0.15) is 11.6 Å². The molecule has 5 heteroatoms. The number of hydrogen-bond acceptors (Lipinski definition) is 2. The Hall–Kier alpha value is -2.17. The number of nitrogens with zero attached hydrogens (tertiary/aromatic N) is 2. The van der Waals surface area contributed by atoms with E-state index in [0.29, 0.717) is 11.5 Å². The summed E-state index contributed by atoms with van der Waals surface area (Å²) >= 11 is 0. The lowest BCUT2D eigenvalue weighted by Gasteiger charge is -2.08. The molecular formula is C12H11FN2O2. The van der Waals surface area contributed by atoms with Gasteiger partial charge in [0.05, 0.1) is 11.4 Å². The van der Waals surface area contributed by atoms with Crippen LogP contribution in [-0.2, 0) is 0 Å². The quantitative estimate of drug-likeness (QED) is 0.867. The molecular weight excluding hydrogens is 223 g/mol. The largest absolute Gasteiger partial charge is 0.477 e. The summed E-state index contributed by atoms with van der Waals surface area (Å²) in [5, 5.41) is 9.13. The average molecular weight is 234 g/mol. The van der Waals surface area contributed by atoms with Gasteiger partial charge < -0.3 is 5.11 Å². The standard InChI is InChI=1S/C12H11FN2O2/c1-7-11(12(16)17)15(8(2)14-7)10-6-4-3-5-9(10)13/h3-6H,1-2H3,(H,16,17). The lowest BCUT2D eigenvalue weighted by molar-refractivity contribution is 0.0687. The zero-order valence-electron chi connectivity index (χ0n) is 9.44. The van der Waals surface area contributed by atoms with Crippen LogP contribution in [0.15, 0.2) is 24.3 Å². The molecule has 1 N–H and O–H groups in total. The zero-order valence-corrected chi connectivity index (χ0v) is 9.44. The van der Waals surface area contributed by atoms with Gasteiger partial charge in [0.25, 0.3) is 0 Å². The fraction of sp³-hybridized carbons (Fsp3) is 0.167. The van der Waals surface area contributed by atoms with Crippen molar-refractivity contribution in [3.63, 3.8) is 0 Å². The monoisotopic (exact) mass is 234 g/mol. The molecule has 17 heavy (non-hydrogen) atoms. The number of halogens is 1. The molecule has 0 amide bonds. The Kier molecular flexibility index (Phi) is 2.67. The number of carboxylic acids is 1. The fourth-order valence-electron chi connectivity index (χ4n) is 1.85. The van der Waals surface area contributed by atoms with Gasteiger partial charge in [0.2, 0.25) is 0 Å². The number of aromatic carboxylic acids is 1. The fourth-order valence-corrected chi connectivity index (χ4v) is 1.85. The van der Waals surface area contributed by atoms with Crippen LogP contribution in [-0.4, -0.2) is 20.6 Å². The summed E-state index contributed by atoms with van der Waals surface area (Å²) < 4.78 is 15.0. The number of rotatable bonds is 2. The lowest BCUT2D eigenvalue weighted by Crippen LogP contribution is -2.10. The number of aromatic nitrogens is 2. The van der Waals surface area contributed by atoms with Gasteiger partial charge >= 0.3 is 5.97 Å². The summed E-state index contributed by atoms with van der Waals surface area (Å²) in [6.07, 6.45) is 0. The molecule has 0 aliphatic heterocycles. The van der Waals surface area contributed by atoms with Gasteiger partial charge in [0.15, 0.2) is 5.69 Å². The van der Waals surface area contributed by atoms with Crippen molar-refractivity contribution in [3.05, 3.63) is 47.3 Å². The molecule has 0 radical (unpaired) electrons. The zero-order chi connectivity index (χ0) is 12.6. The molecule has 0 aliphatic rings. The molecule has 1 aromatic heterocycles. The van der Waals surface area contributed by atoms with Gasteiger partial charge in [0, 0.05) is 0 Å². The molecule has 0 aliphatic carbocycles. The second-order valence-corrected chi connectivity index (χ2v) is 3.69. The number of para-hydroxylation sites is 1. The second-order valence-electron chi connectivity index (χ2n) is 3.69. The molecule has 0 saturated heterocycles. The normalized spacial score (nSPS) is 10.5. The summed E-state index contributed by atoms with van der Waals surface area (Å²) in [4.78, 5) is 15.2. The van der Waals surface area contributed by atoms with E-state index >= 15 is 0 Å². The molecule has 0 saturated carbocycles. The van der Waals surface area contributed by atoms with E-state index in [9.17, 15) is 9.18 Å². The van der Waals surface area contributed by atoms with Crippen molar-refractivity contribution >= 4 is 5.97 Å². The van der Waals surface area contributed by atoms with Gasteiger partial charge in [-0.3, -0.25) is 4.57 Å². The van der Waals surface area contributed by atoms with E-state index in [1.807, 2.05) is 0 Å². The first-order valence-corrected chi connectivity index (χ1v) is 5.06. The minimum Gasteiger partial charge on any atom is -0.477 e. The summed E-state index contributed by atoms with van der Waals surface area (Å²) in [6.45, 7) is 3.24. The smallest absolute Gasteiger partial charge is 0.354 e. The number of carbonyl (C=O) groups is 1. The molecule has 0 atom stereocenters. The molecule has 1 heterocycles. The van der Waals surface area contributed by atoms with Crippen LogP contribution in [0.25, 0.3) is 5.69 Å². The third-order valence-electron chi connectivity index (χ3n) is 2.52. The molecule has 0 spiro atoms. The topological polar surface area (TPSA) is 55.1 Å². The van der Waals surface area contributed by atoms with Gasteiger partial charge in [-0.1, -0.05) is 12.1 Å². The minimum atomic E-state index is -1.12. The highest BCUT2D eigenvalue weighted by Crippen LogP contribution is 2.20. The van der Waals surface area contributed by atoms with Gasteiger partial charge in [-0.2, -0.15) is 0 Å². The second kappa shape index (κ2) is 4.01. The first kappa shape index (κ1) is 11.3. The molecule has 0 unspecified atom stereocenters. The van der Waals surface area contributed by atoms with Crippen molar-refractivity contribution in [3.8, 4) is 5.69 Å². The van der Waals surface area contributed by atoms with Crippen LogP contribution in [0.1, 0.15) is 22.0 Å². The molecule has 2 rings (SSSR count). The maximum atomic E-state index is 13.7. The average Bonchev–Trinajstić information content (AvgIpc) is 2.54. The SMILES string of the molecule is Cc1nc(C)n(-c2ccccc2F)c1C(=O)O. The molecule has 4 nitrogen and oxygen atoms in total. The van der Waals surface area contributed by atoms with Gasteiger partial charge in [-0.05, 0) is 26.0 Å². The van der Waals surface area contributed by atoms with Crippen LogP contribution in [0.3, 0.4) is 0 Å². The Bertz CT molecular complexity index is 590. The Morgan fingerprint density at radius 1 is 1.35 bits per heavy atom. The Morgan fingerprint density at radius 3 is 2.59 bits per heavy atom. The Labute approximate surface area is 97.3 Å². The lowest BCUT2D eigenvalue weighted by atomic mass is 10.2. The van der Waals surface area contributed by atoms with Gasteiger partial charge in [-0.25, -0.2) is 14.2 Å². The Balaban J connectivity index is 2.76. The highest BCUT2D eigenvalue weighted by molar-refractivity contribution is 5.88. The van der Waals surface area contributed by atoms with Crippen molar-refractivity contribution in [1.29, 1.82) is 0 Å². The van der Waals surface area contributed by atoms with Crippen LogP contribution in [0.5, 0.6) is 0 Å². The highest BCUT2D eigenvalue weighted by atomic mass is 19.1. The van der Waals surface area contributed by atoms with E-state index in [1.54, 1.807) is 26.0 Å². The molecule has 88 valence electrons. The Morgan fingerprint density at radius 2 is 2.00 bits per heavy atom. The number of aryl methyl sites for hydroxylation is 2. The predicted molar refractivity (Wildman–Crippen MR) is 60.0 cm³/mol. The number of hydrogen-bond donors (Lipinski definition) is 1. The van der Waals surface area contributed by atoms with Gasteiger partial charge in [-0.15, -0.1) is 0 Å². The van der Waals surface area contributed by atoms with Crippen molar-refractivity contribution in [1.82, 2.24) is 9.55 Å². The minimum absolute atomic E-state index is 0.00685. The maximum absolute atomic E-state index is 13.7. The summed E-state index contributed by atoms with van der Waals surface area (Å²) in [6, 6.07) is 6.02. The summed E-state index contributed by atoms with van der Waals surface area (Å²) in [7, 11) is 0. The summed E-state index contributed by atoms with van der Waals surface area (Å²) in [5.74, 6) is -1.15. The van der Waals surface area contributed by atoms with E-state index in [0.717, 1.165) is 0 Å². The molecule has 1 aromatic carbocycles. The van der Waals surface area contributed by atoms with Crippen molar-refractivity contribution in [2.45, 2.75) is 13.8 Å². The molecule has 0 bridgehead atoms. The van der Waals surface area contributed by atoms with Crippen LogP contribution in [0, 0.1) is 19.7 Å². The number of benzene rings is 1. The van der Waals surface area contributed by atoms with Crippen LogP contribution in [0.4, 0.5) is 4.39 Å². The third kappa shape index (κ3) is 1.80. The maximum Gasteiger partial charge on any atom is 0.354 e. The first-order chi connectivity index (χ1) is 8.02. The number of imidazole rings is 1. The van der Waals surface area contributed by atoms with E-state index in [-0.39, 0.29) is 11.4 Å².